The maximum absolute atomic E-state index is 8.99. The number of aromatic amines is 1. The van der Waals surface area contributed by atoms with Crippen molar-refractivity contribution in [3.8, 4) is 0 Å². The number of anilines is 2. The number of aromatic nitrogens is 2. The molecule has 0 atom stereocenters. The Balaban J connectivity index is 2.44. The van der Waals surface area contributed by atoms with Gasteiger partial charge < -0.3 is 15.7 Å². The van der Waals surface area contributed by atoms with Crippen molar-refractivity contribution in [1.29, 1.82) is 0 Å². The Morgan fingerprint density at radius 2 is 2.31 bits per heavy atom. The summed E-state index contributed by atoms with van der Waals surface area (Å²) in [7, 11) is 0. The summed E-state index contributed by atoms with van der Waals surface area (Å²) >= 11 is 0. The van der Waals surface area contributed by atoms with Crippen LogP contribution < -0.4 is 10.6 Å². The smallest absolute Gasteiger partial charge is 0.0672 e. The topological polar surface area (TPSA) is 78.2 Å². The first kappa shape index (κ1) is 10.8. The van der Waals surface area contributed by atoms with Crippen LogP contribution in [0, 0.1) is 0 Å². The van der Waals surface area contributed by atoms with Crippen molar-refractivity contribution in [3.05, 3.63) is 18.3 Å². The number of rotatable bonds is 4. The van der Waals surface area contributed by atoms with Crippen LogP contribution in [0.25, 0.3) is 10.9 Å². The zero-order chi connectivity index (χ0) is 11.5. The molecular formula is C11H16N4O. The summed E-state index contributed by atoms with van der Waals surface area (Å²) in [5.41, 5.74) is 8.60. The predicted octanol–water partition coefficient (Wildman–Crippen LogP) is 0.964. The number of hydrogen-bond acceptors (Lipinski definition) is 4. The van der Waals surface area contributed by atoms with E-state index in [0.717, 1.165) is 23.1 Å². The highest BCUT2D eigenvalue weighted by Gasteiger charge is 2.09. The Kier molecular flexibility index (Phi) is 2.96. The van der Waals surface area contributed by atoms with E-state index in [-0.39, 0.29) is 6.61 Å². The number of likely N-dealkylation sites (N-methyl/N-ethyl adjacent to an activating group) is 1. The van der Waals surface area contributed by atoms with Gasteiger partial charge in [0, 0.05) is 18.5 Å². The van der Waals surface area contributed by atoms with E-state index in [1.165, 1.54) is 0 Å². The van der Waals surface area contributed by atoms with E-state index in [1.54, 1.807) is 6.20 Å². The largest absolute Gasteiger partial charge is 0.397 e. The van der Waals surface area contributed by atoms with E-state index >= 15 is 0 Å². The number of aliphatic hydroxyl groups excluding tert-OH is 1. The van der Waals surface area contributed by atoms with Crippen molar-refractivity contribution >= 4 is 22.3 Å². The highest BCUT2D eigenvalue weighted by atomic mass is 16.3. The number of nitrogen functional groups attached to an aromatic ring is 1. The zero-order valence-corrected chi connectivity index (χ0v) is 9.27. The molecule has 0 aliphatic heterocycles. The summed E-state index contributed by atoms with van der Waals surface area (Å²) in [5.74, 6) is 0. The van der Waals surface area contributed by atoms with E-state index in [1.807, 2.05) is 24.0 Å². The Hall–Kier alpha value is -1.75. The summed E-state index contributed by atoms with van der Waals surface area (Å²) < 4.78 is 0. The van der Waals surface area contributed by atoms with Gasteiger partial charge in [0.1, 0.15) is 0 Å². The lowest BCUT2D eigenvalue weighted by molar-refractivity contribution is 0.302. The molecule has 1 heterocycles. The van der Waals surface area contributed by atoms with Crippen molar-refractivity contribution in [2.75, 3.05) is 30.3 Å². The van der Waals surface area contributed by atoms with Crippen molar-refractivity contribution in [2.24, 2.45) is 0 Å². The highest BCUT2D eigenvalue weighted by Crippen LogP contribution is 2.27. The van der Waals surface area contributed by atoms with Crippen molar-refractivity contribution in [2.45, 2.75) is 6.92 Å². The van der Waals surface area contributed by atoms with Gasteiger partial charge in [-0.15, -0.1) is 0 Å². The minimum absolute atomic E-state index is 0.119. The van der Waals surface area contributed by atoms with E-state index in [0.29, 0.717) is 12.2 Å². The molecule has 0 aliphatic rings. The molecule has 4 N–H and O–H groups in total. The second kappa shape index (κ2) is 4.40. The highest BCUT2D eigenvalue weighted by molar-refractivity contribution is 5.88. The lowest BCUT2D eigenvalue weighted by Gasteiger charge is -2.23. The molecule has 0 saturated carbocycles. The number of nitrogens with one attached hydrogen (secondary N) is 1. The van der Waals surface area contributed by atoms with Gasteiger partial charge in [0.15, 0.2) is 0 Å². The number of aliphatic hydroxyl groups is 1. The molecule has 1 aromatic carbocycles. The molecule has 16 heavy (non-hydrogen) atoms. The van der Waals surface area contributed by atoms with Crippen LogP contribution in [0.1, 0.15) is 6.92 Å². The molecule has 5 heteroatoms. The van der Waals surface area contributed by atoms with Crippen LogP contribution in [0.3, 0.4) is 0 Å². The molecule has 5 nitrogen and oxygen atoms in total. The summed E-state index contributed by atoms with van der Waals surface area (Å²) in [6, 6.07) is 3.87. The average molecular weight is 220 g/mol. The molecule has 0 bridgehead atoms. The second-order valence-electron chi connectivity index (χ2n) is 3.67. The van der Waals surface area contributed by atoms with Crippen LogP contribution in [0.2, 0.25) is 0 Å². The third-order valence-electron chi connectivity index (χ3n) is 2.68. The van der Waals surface area contributed by atoms with Gasteiger partial charge in [-0.25, -0.2) is 0 Å². The number of nitrogens with zero attached hydrogens (tertiary/aromatic N) is 2. The normalized spacial score (nSPS) is 10.9. The third-order valence-corrected chi connectivity index (χ3v) is 2.68. The van der Waals surface area contributed by atoms with Crippen molar-refractivity contribution in [1.82, 2.24) is 10.2 Å². The molecule has 2 aromatic rings. The molecular weight excluding hydrogens is 204 g/mol. The van der Waals surface area contributed by atoms with Gasteiger partial charge in [-0.2, -0.15) is 5.10 Å². The summed E-state index contributed by atoms with van der Waals surface area (Å²) in [6.07, 6.45) is 1.75. The molecule has 0 aliphatic carbocycles. The standard InChI is InChI=1S/C11H16N4O/c1-2-15(3-4-16)11-6-10-8(5-9(11)12)7-13-14-10/h5-7,16H,2-4,12H2,1H3,(H,13,14). The molecule has 0 unspecified atom stereocenters. The minimum atomic E-state index is 0.119. The first-order valence-electron chi connectivity index (χ1n) is 5.34. The zero-order valence-electron chi connectivity index (χ0n) is 9.27. The number of hydrogen-bond donors (Lipinski definition) is 3. The van der Waals surface area contributed by atoms with Gasteiger partial charge in [-0.1, -0.05) is 0 Å². The maximum Gasteiger partial charge on any atom is 0.0672 e. The monoisotopic (exact) mass is 220 g/mol. The number of fused-ring (bicyclic) bond motifs is 1. The van der Waals surface area contributed by atoms with Crippen LogP contribution in [0.15, 0.2) is 18.3 Å². The Morgan fingerprint density at radius 3 is 3.00 bits per heavy atom. The fraction of sp³-hybridized carbons (Fsp3) is 0.364. The maximum atomic E-state index is 8.99. The summed E-state index contributed by atoms with van der Waals surface area (Å²) in [5, 5.41) is 16.9. The Labute approximate surface area is 93.9 Å². The lowest BCUT2D eigenvalue weighted by Crippen LogP contribution is -2.26. The van der Waals surface area contributed by atoms with E-state index in [9.17, 15) is 0 Å². The van der Waals surface area contributed by atoms with E-state index in [2.05, 4.69) is 10.2 Å². The van der Waals surface area contributed by atoms with Gasteiger partial charge >= 0.3 is 0 Å². The average Bonchev–Trinajstić information content (AvgIpc) is 2.72. The van der Waals surface area contributed by atoms with Crippen LogP contribution in [-0.2, 0) is 0 Å². The molecule has 0 fully saturated rings. The summed E-state index contributed by atoms with van der Waals surface area (Å²) in [6.45, 7) is 3.55. The SMILES string of the molecule is CCN(CCO)c1cc2[nH]ncc2cc1N. The van der Waals surface area contributed by atoms with Crippen molar-refractivity contribution in [3.63, 3.8) is 0 Å². The van der Waals surface area contributed by atoms with Crippen LogP contribution in [0.5, 0.6) is 0 Å². The van der Waals surface area contributed by atoms with Gasteiger partial charge in [0.05, 0.1) is 29.7 Å². The van der Waals surface area contributed by atoms with Gasteiger partial charge in [-0.05, 0) is 19.1 Å². The van der Waals surface area contributed by atoms with E-state index < -0.39 is 0 Å². The lowest BCUT2D eigenvalue weighted by atomic mass is 10.2. The Morgan fingerprint density at radius 1 is 1.50 bits per heavy atom. The Bertz CT molecular complexity index is 480. The quantitative estimate of drug-likeness (QED) is 0.671. The number of nitrogens with two attached hydrogens (primary N) is 1. The summed E-state index contributed by atoms with van der Waals surface area (Å²) in [4.78, 5) is 2.04. The van der Waals surface area contributed by atoms with Gasteiger partial charge in [0.2, 0.25) is 0 Å². The fourth-order valence-electron chi connectivity index (χ4n) is 1.84. The fourth-order valence-corrected chi connectivity index (χ4v) is 1.84. The first-order chi connectivity index (χ1) is 7.76. The molecule has 0 saturated heterocycles. The first-order valence-corrected chi connectivity index (χ1v) is 5.34. The number of H-pyrrole nitrogens is 1. The molecule has 1 aromatic heterocycles. The van der Waals surface area contributed by atoms with Crippen LogP contribution >= 0.6 is 0 Å². The van der Waals surface area contributed by atoms with E-state index in [4.69, 9.17) is 10.8 Å². The van der Waals surface area contributed by atoms with Crippen LogP contribution in [0.4, 0.5) is 11.4 Å². The van der Waals surface area contributed by atoms with Crippen molar-refractivity contribution < 1.29 is 5.11 Å². The predicted molar refractivity (Wildman–Crippen MR) is 65.5 cm³/mol. The van der Waals surface area contributed by atoms with Crippen LogP contribution in [-0.4, -0.2) is 35.0 Å². The number of benzene rings is 1. The molecule has 0 spiro atoms. The third kappa shape index (κ3) is 1.81. The molecule has 86 valence electrons. The van der Waals surface area contributed by atoms with Gasteiger partial charge in [-0.3, -0.25) is 5.10 Å². The molecule has 0 amide bonds. The second-order valence-corrected chi connectivity index (χ2v) is 3.67. The minimum Gasteiger partial charge on any atom is -0.397 e. The molecule has 2 rings (SSSR count). The molecule has 0 radical (unpaired) electrons. The van der Waals surface area contributed by atoms with Gasteiger partial charge in [0.25, 0.3) is 0 Å².